The number of aromatic amines is 1. The van der Waals surface area contributed by atoms with E-state index in [4.69, 9.17) is 0 Å². The third-order valence-electron chi connectivity index (χ3n) is 6.42. The fraction of sp³-hybridized carbons (Fsp3) is 0.360. The number of pyridine rings is 1. The zero-order valence-corrected chi connectivity index (χ0v) is 19.5. The van der Waals surface area contributed by atoms with Crippen molar-refractivity contribution in [1.82, 2.24) is 24.8 Å². The summed E-state index contributed by atoms with van der Waals surface area (Å²) in [6, 6.07) is 7.54. The number of carbonyl (C=O) groups excluding carboxylic acids is 1. The van der Waals surface area contributed by atoms with Crippen molar-refractivity contribution in [3.05, 3.63) is 79.3 Å². The Morgan fingerprint density at radius 2 is 1.97 bits per heavy atom. The number of benzene rings is 1. The van der Waals surface area contributed by atoms with Crippen LogP contribution < -0.4 is 16.6 Å². The van der Waals surface area contributed by atoms with Crippen LogP contribution in [0.1, 0.15) is 46.2 Å². The second kappa shape index (κ2) is 9.15. The number of hydrogen-bond acceptors (Lipinski definition) is 5. The molecule has 3 heterocycles. The summed E-state index contributed by atoms with van der Waals surface area (Å²) < 4.78 is 1.22. The van der Waals surface area contributed by atoms with Gasteiger partial charge >= 0.3 is 5.69 Å². The Morgan fingerprint density at radius 3 is 2.61 bits per heavy atom. The second-order valence-corrected chi connectivity index (χ2v) is 8.37. The number of carbonyl (C=O) groups is 1. The lowest BCUT2D eigenvalue weighted by atomic mass is 9.97. The van der Waals surface area contributed by atoms with E-state index in [1.165, 1.54) is 10.1 Å². The zero-order chi connectivity index (χ0) is 23.7. The fourth-order valence-electron chi connectivity index (χ4n) is 4.46. The van der Waals surface area contributed by atoms with E-state index in [0.717, 1.165) is 48.4 Å². The van der Waals surface area contributed by atoms with Gasteiger partial charge in [-0.1, -0.05) is 18.2 Å². The first-order valence-electron chi connectivity index (χ1n) is 11.2. The molecule has 4 rings (SSSR count). The van der Waals surface area contributed by atoms with Gasteiger partial charge in [-0.3, -0.25) is 19.1 Å². The number of nitrogens with one attached hydrogen (secondary N) is 2. The number of aromatic nitrogens is 3. The van der Waals surface area contributed by atoms with Crippen LogP contribution in [0.15, 0.2) is 39.9 Å². The van der Waals surface area contributed by atoms with E-state index >= 15 is 0 Å². The standard InChI is InChI=1S/C25H29N5O3/c1-5-30-24(32)20-7-6-18(15(2)22(20)28-25(30)33)14-29-12-10-17(11-13-29)19-8-9-21(23(31)26-4)27-16(19)3/h6-10H,5,11-14H2,1-4H3,(H,26,31)(H,28,33). The quantitative estimate of drug-likeness (QED) is 0.626. The Bertz CT molecular complexity index is 1380. The maximum atomic E-state index is 12.6. The number of amides is 1. The summed E-state index contributed by atoms with van der Waals surface area (Å²) in [6.45, 7) is 8.42. The Hall–Kier alpha value is -3.52. The van der Waals surface area contributed by atoms with Gasteiger partial charge in [0.1, 0.15) is 5.69 Å². The molecule has 0 bridgehead atoms. The number of H-pyrrole nitrogens is 1. The van der Waals surface area contributed by atoms with Gasteiger partial charge in [-0.05, 0) is 61.6 Å². The van der Waals surface area contributed by atoms with Crippen molar-refractivity contribution in [2.75, 3.05) is 20.1 Å². The van der Waals surface area contributed by atoms with Gasteiger partial charge in [-0.15, -0.1) is 0 Å². The van der Waals surface area contributed by atoms with E-state index in [0.29, 0.717) is 23.1 Å². The molecule has 0 atom stereocenters. The number of aryl methyl sites for hydroxylation is 2. The molecule has 33 heavy (non-hydrogen) atoms. The van der Waals surface area contributed by atoms with Crippen molar-refractivity contribution in [1.29, 1.82) is 0 Å². The van der Waals surface area contributed by atoms with Crippen LogP contribution in [-0.2, 0) is 13.1 Å². The minimum Gasteiger partial charge on any atom is -0.354 e. The lowest BCUT2D eigenvalue weighted by Crippen LogP contribution is -2.34. The summed E-state index contributed by atoms with van der Waals surface area (Å²) in [7, 11) is 1.60. The molecule has 2 aromatic heterocycles. The van der Waals surface area contributed by atoms with Crippen LogP contribution >= 0.6 is 0 Å². The predicted octanol–water partition coefficient (Wildman–Crippen LogP) is 2.37. The Balaban J connectivity index is 1.54. The minimum absolute atomic E-state index is 0.186. The van der Waals surface area contributed by atoms with E-state index in [1.54, 1.807) is 20.0 Å². The van der Waals surface area contributed by atoms with Crippen LogP contribution in [-0.4, -0.2) is 45.5 Å². The fourth-order valence-corrected chi connectivity index (χ4v) is 4.46. The van der Waals surface area contributed by atoms with Crippen molar-refractivity contribution >= 4 is 22.4 Å². The first-order valence-corrected chi connectivity index (χ1v) is 11.2. The lowest BCUT2D eigenvalue weighted by molar-refractivity contribution is 0.0958. The smallest absolute Gasteiger partial charge is 0.328 e. The van der Waals surface area contributed by atoms with E-state index < -0.39 is 0 Å². The van der Waals surface area contributed by atoms with E-state index in [2.05, 4.69) is 26.3 Å². The minimum atomic E-state index is -0.368. The average molecular weight is 448 g/mol. The van der Waals surface area contributed by atoms with Crippen molar-refractivity contribution in [3.8, 4) is 0 Å². The molecule has 0 spiro atoms. The van der Waals surface area contributed by atoms with Crippen LogP contribution in [0.5, 0.6) is 0 Å². The lowest BCUT2D eigenvalue weighted by Gasteiger charge is -2.27. The predicted molar refractivity (Wildman–Crippen MR) is 129 cm³/mol. The van der Waals surface area contributed by atoms with Crippen molar-refractivity contribution in [2.24, 2.45) is 0 Å². The molecule has 8 heteroatoms. The summed E-state index contributed by atoms with van der Waals surface area (Å²) in [5.41, 5.74) is 5.62. The Labute approximate surface area is 192 Å². The molecular formula is C25H29N5O3. The van der Waals surface area contributed by atoms with Gasteiger partial charge in [-0.2, -0.15) is 0 Å². The molecule has 0 saturated heterocycles. The molecule has 1 aliphatic rings. The highest BCUT2D eigenvalue weighted by Crippen LogP contribution is 2.26. The molecule has 3 aromatic rings. The molecule has 0 saturated carbocycles. The molecule has 1 aromatic carbocycles. The van der Waals surface area contributed by atoms with Crippen LogP contribution in [0.4, 0.5) is 0 Å². The number of nitrogens with zero attached hydrogens (tertiary/aromatic N) is 3. The summed E-state index contributed by atoms with van der Waals surface area (Å²) in [4.78, 5) is 46.4. The molecule has 0 fully saturated rings. The highest BCUT2D eigenvalue weighted by atomic mass is 16.2. The maximum Gasteiger partial charge on any atom is 0.328 e. The molecule has 172 valence electrons. The number of hydrogen-bond donors (Lipinski definition) is 2. The van der Waals surface area contributed by atoms with Gasteiger partial charge in [0, 0.05) is 38.9 Å². The molecule has 1 aliphatic heterocycles. The number of rotatable bonds is 5. The van der Waals surface area contributed by atoms with Crippen LogP contribution in [0.2, 0.25) is 0 Å². The largest absolute Gasteiger partial charge is 0.354 e. The first kappa shape index (κ1) is 22.7. The molecular weight excluding hydrogens is 418 g/mol. The summed E-state index contributed by atoms with van der Waals surface area (Å²) in [5.74, 6) is -0.186. The van der Waals surface area contributed by atoms with Crippen molar-refractivity contribution < 1.29 is 4.79 Å². The average Bonchev–Trinajstić information content (AvgIpc) is 2.81. The van der Waals surface area contributed by atoms with Gasteiger partial charge in [0.05, 0.1) is 10.9 Å². The monoisotopic (exact) mass is 447 g/mol. The molecule has 8 nitrogen and oxygen atoms in total. The van der Waals surface area contributed by atoms with Crippen LogP contribution in [0.25, 0.3) is 16.5 Å². The van der Waals surface area contributed by atoms with Gasteiger partial charge in [0.2, 0.25) is 0 Å². The summed E-state index contributed by atoms with van der Waals surface area (Å²) in [5, 5.41) is 3.15. The maximum absolute atomic E-state index is 12.6. The summed E-state index contributed by atoms with van der Waals surface area (Å²) in [6.07, 6.45) is 3.09. The van der Waals surface area contributed by atoms with Gasteiger partial charge in [0.25, 0.3) is 11.5 Å². The molecule has 0 aliphatic carbocycles. The van der Waals surface area contributed by atoms with E-state index in [9.17, 15) is 14.4 Å². The second-order valence-electron chi connectivity index (χ2n) is 8.37. The topological polar surface area (TPSA) is 100 Å². The zero-order valence-electron chi connectivity index (χ0n) is 19.5. The van der Waals surface area contributed by atoms with Gasteiger partial charge < -0.3 is 10.3 Å². The summed E-state index contributed by atoms with van der Waals surface area (Å²) >= 11 is 0. The Kier molecular flexibility index (Phi) is 6.29. The third-order valence-corrected chi connectivity index (χ3v) is 6.42. The molecule has 0 unspecified atom stereocenters. The van der Waals surface area contributed by atoms with Gasteiger partial charge in [-0.25, -0.2) is 9.78 Å². The highest BCUT2D eigenvalue weighted by Gasteiger charge is 2.18. The number of fused-ring (bicyclic) bond motifs is 1. The molecule has 1 amide bonds. The van der Waals surface area contributed by atoms with Crippen molar-refractivity contribution in [3.63, 3.8) is 0 Å². The molecule has 0 radical (unpaired) electrons. The highest BCUT2D eigenvalue weighted by molar-refractivity contribution is 5.92. The first-order chi connectivity index (χ1) is 15.8. The van der Waals surface area contributed by atoms with Crippen molar-refractivity contribution in [2.45, 2.75) is 40.3 Å². The normalized spacial score (nSPS) is 14.4. The molecule has 2 N–H and O–H groups in total. The van der Waals surface area contributed by atoms with E-state index in [-0.39, 0.29) is 17.2 Å². The Morgan fingerprint density at radius 1 is 1.18 bits per heavy atom. The SMILES string of the molecule is CCn1c(=O)[nH]c2c(C)c(CN3CC=C(c4ccc(C(=O)NC)nc4C)CC3)ccc2c1=O. The van der Waals surface area contributed by atoms with Crippen LogP contribution in [0, 0.1) is 13.8 Å². The van der Waals surface area contributed by atoms with Gasteiger partial charge in [0.15, 0.2) is 0 Å². The van der Waals surface area contributed by atoms with Crippen LogP contribution in [0.3, 0.4) is 0 Å². The van der Waals surface area contributed by atoms with E-state index in [1.807, 2.05) is 32.0 Å². The third kappa shape index (κ3) is 4.26.